The van der Waals surface area contributed by atoms with Crippen LogP contribution in [0.5, 0.6) is 0 Å². The van der Waals surface area contributed by atoms with Gasteiger partial charge in [0.1, 0.15) is 5.01 Å². The average Bonchev–Trinajstić information content (AvgIpc) is 2.13. The van der Waals surface area contributed by atoms with Gasteiger partial charge in [-0.25, -0.2) is 0 Å². The van der Waals surface area contributed by atoms with Crippen LogP contribution in [0.2, 0.25) is 0 Å². The van der Waals surface area contributed by atoms with Crippen LogP contribution in [0.3, 0.4) is 0 Å². The molecule has 0 spiro atoms. The second kappa shape index (κ2) is 2.74. The zero-order valence-electron chi connectivity index (χ0n) is 5.42. The molecule has 0 saturated heterocycles. The van der Waals surface area contributed by atoms with Gasteiger partial charge >= 0.3 is 0 Å². The Kier molecular flexibility index (Phi) is 1.96. The largest absolute Gasteiger partial charge is 0.301 e. The van der Waals surface area contributed by atoms with E-state index in [0.717, 1.165) is 5.01 Å². The third-order valence-electron chi connectivity index (χ3n) is 0.772. The van der Waals surface area contributed by atoms with E-state index in [2.05, 4.69) is 22.4 Å². The summed E-state index contributed by atoms with van der Waals surface area (Å²) in [5.74, 6) is -0.365. The van der Waals surface area contributed by atoms with Crippen LogP contribution in [0, 0.1) is 13.8 Å². The SMILES string of the molecule is [CH2]C(=O)Nc1nnc(C)s1. The summed E-state index contributed by atoms with van der Waals surface area (Å²) >= 11 is 1.32. The van der Waals surface area contributed by atoms with E-state index in [1.165, 1.54) is 11.3 Å². The Hall–Kier alpha value is -0.970. The standard InChI is InChI=1S/C5H6N3OS/c1-3(9)6-5-8-7-4(2)10-5/h1H2,2H3,(H,6,8,9). The Bertz CT molecular complexity index is 245. The number of rotatable bonds is 1. The van der Waals surface area contributed by atoms with E-state index in [1.807, 2.05) is 6.92 Å². The van der Waals surface area contributed by atoms with Crippen molar-refractivity contribution in [1.29, 1.82) is 0 Å². The highest BCUT2D eigenvalue weighted by Crippen LogP contribution is 2.12. The quantitative estimate of drug-likeness (QED) is 0.648. The maximum atomic E-state index is 10.3. The highest BCUT2D eigenvalue weighted by atomic mass is 32.1. The van der Waals surface area contributed by atoms with Crippen LogP contribution in [0.25, 0.3) is 0 Å². The number of hydrogen-bond acceptors (Lipinski definition) is 4. The first-order valence-corrected chi connectivity index (χ1v) is 3.43. The van der Waals surface area contributed by atoms with Crippen molar-refractivity contribution in [3.63, 3.8) is 0 Å². The molecule has 1 rings (SSSR count). The van der Waals surface area contributed by atoms with Gasteiger partial charge in [-0.15, -0.1) is 10.2 Å². The van der Waals surface area contributed by atoms with Crippen LogP contribution in [0.4, 0.5) is 5.13 Å². The minimum absolute atomic E-state index is 0.365. The molecule has 0 aliphatic carbocycles. The minimum Gasteiger partial charge on any atom is -0.301 e. The molecule has 0 saturated carbocycles. The average molecular weight is 156 g/mol. The van der Waals surface area contributed by atoms with Gasteiger partial charge in [0.25, 0.3) is 0 Å². The Morgan fingerprint density at radius 2 is 2.40 bits per heavy atom. The van der Waals surface area contributed by atoms with Crippen molar-refractivity contribution in [2.45, 2.75) is 6.92 Å². The smallest absolute Gasteiger partial charge is 0.226 e. The van der Waals surface area contributed by atoms with Crippen molar-refractivity contribution < 1.29 is 4.79 Å². The molecule has 0 aliphatic heterocycles. The molecular formula is C5H6N3OS. The molecule has 0 bridgehead atoms. The van der Waals surface area contributed by atoms with Gasteiger partial charge in [0.05, 0.1) is 0 Å². The van der Waals surface area contributed by atoms with Gasteiger partial charge in [-0.05, 0) is 6.92 Å². The molecule has 0 aliphatic rings. The maximum absolute atomic E-state index is 10.3. The van der Waals surface area contributed by atoms with E-state index in [9.17, 15) is 4.79 Å². The number of carbonyl (C=O) groups is 1. The van der Waals surface area contributed by atoms with Crippen LogP contribution < -0.4 is 5.32 Å². The molecule has 1 aromatic rings. The molecular weight excluding hydrogens is 150 g/mol. The molecule has 5 heteroatoms. The van der Waals surface area contributed by atoms with Gasteiger partial charge in [-0.1, -0.05) is 11.3 Å². The van der Waals surface area contributed by atoms with Crippen molar-refractivity contribution in [2.75, 3.05) is 5.32 Å². The number of aryl methyl sites for hydroxylation is 1. The number of nitrogens with one attached hydrogen (secondary N) is 1. The van der Waals surface area contributed by atoms with Crippen molar-refractivity contribution in [3.8, 4) is 0 Å². The Labute approximate surface area is 62.3 Å². The van der Waals surface area contributed by atoms with E-state index >= 15 is 0 Å². The number of hydrogen-bond donors (Lipinski definition) is 1. The summed E-state index contributed by atoms with van der Waals surface area (Å²) in [6.45, 7) is 4.95. The first-order valence-electron chi connectivity index (χ1n) is 2.61. The van der Waals surface area contributed by atoms with Crippen molar-refractivity contribution in [3.05, 3.63) is 11.9 Å². The molecule has 1 aromatic heterocycles. The van der Waals surface area contributed by atoms with Crippen LogP contribution in [-0.2, 0) is 4.79 Å². The summed E-state index contributed by atoms with van der Waals surface area (Å²) in [5.41, 5.74) is 0. The summed E-state index contributed by atoms with van der Waals surface area (Å²) in [7, 11) is 0. The molecule has 0 unspecified atom stereocenters. The number of amides is 1. The number of nitrogens with zero attached hydrogens (tertiary/aromatic N) is 2. The van der Waals surface area contributed by atoms with Crippen molar-refractivity contribution >= 4 is 22.4 Å². The topological polar surface area (TPSA) is 54.9 Å². The number of carbonyl (C=O) groups excluding carboxylic acids is 1. The lowest BCUT2D eigenvalue weighted by Gasteiger charge is -1.89. The monoisotopic (exact) mass is 156 g/mol. The van der Waals surface area contributed by atoms with E-state index in [-0.39, 0.29) is 5.91 Å². The minimum atomic E-state index is -0.365. The summed E-state index contributed by atoms with van der Waals surface area (Å²) in [6.07, 6.45) is 0. The van der Waals surface area contributed by atoms with Gasteiger partial charge in [-0.3, -0.25) is 4.79 Å². The molecule has 0 atom stereocenters. The van der Waals surface area contributed by atoms with E-state index in [4.69, 9.17) is 0 Å². The molecule has 53 valence electrons. The van der Waals surface area contributed by atoms with Crippen LogP contribution in [0.1, 0.15) is 5.01 Å². The predicted octanol–water partition coefficient (Wildman–Crippen LogP) is 0.619. The molecule has 4 nitrogen and oxygen atoms in total. The normalized spacial score (nSPS) is 9.40. The molecule has 1 radical (unpaired) electrons. The lowest BCUT2D eigenvalue weighted by atomic mass is 10.7. The van der Waals surface area contributed by atoms with E-state index in [1.54, 1.807) is 0 Å². The fraction of sp³-hybridized carbons (Fsp3) is 0.200. The summed E-state index contributed by atoms with van der Waals surface area (Å²) < 4.78 is 0. The number of anilines is 1. The number of aromatic nitrogens is 2. The van der Waals surface area contributed by atoms with Crippen LogP contribution in [-0.4, -0.2) is 16.1 Å². The van der Waals surface area contributed by atoms with Crippen LogP contribution in [0.15, 0.2) is 0 Å². The first kappa shape index (κ1) is 7.14. The molecule has 0 aromatic carbocycles. The lowest BCUT2D eigenvalue weighted by molar-refractivity contribution is -0.112. The van der Waals surface area contributed by atoms with Gasteiger partial charge in [0, 0.05) is 6.92 Å². The third kappa shape index (κ3) is 1.77. The maximum Gasteiger partial charge on any atom is 0.226 e. The summed E-state index contributed by atoms with van der Waals surface area (Å²) in [6, 6.07) is 0. The van der Waals surface area contributed by atoms with Crippen molar-refractivity contribution in [2.24, 2.45) is 0 Å². The molecule has 1 N–H and O–H groups in total. The molecule has 1 amide bonds. The van der Waals surface area contributed by atoms with Gasteiger partial charge in [-0.2, -0.15) is 0 Å². The van der Waals surface area contributed by atoms with E-state index in [0.29, 0.717) is 5.13 Å². The van der Waals surface area contributed by atoms with Crippen molar-refractivity contribution in [1.82, 2.24) is 10.2 Å². The molecule has 0 fully saturated rings. The highest BCUT2D eigenvalue weighted by Gasteiger charge is 1.99. The fourth-order valence-corrected chi connectivity index (χ4v) is 1.07. The Morgan fingerprint density at radius 3 is 2.80 bits per heavy atom. The van der Waals surface area contributed by atoms with Crippen LogP contribution >= 0.6 is 11.3 Å². The summed E-state index contributed by atoms with van der Waals surface area (Å²) in [4.78, 5) is 10.3. The zero-order chi connectivity index (χ0) is 7.56. The fourth-order valence-electron chi connectivity index (χ4n) is 0.466. The lowest BCUT2D eigenvalue weighted by Crippen LogP contribution is -2.05. The van der Waals surface area contributed by atoms with Gasteiger partial charge in [0.15, 0.2) is 0 Å². The van der Waals surface area contributed by atoms with E-state index < -0.39 is 0 Å². The van der Waals surface area contributed by atoms with Gasteiger partial charge in [0.2, 0.25) is 11.0 Å². The third-order valence-corrected chi connectivity index (χ3v) is 1.53. The zero-order valence-corrected chi connectivity index (χ0v) is 6.23. The van der Waals surface area contributed by atoms with Gasteiger partial charge < -0.3 is 5.32 Å². The second-order valence-electron chi connectivity index (χ2n) is 1.67. The predicted molar refractivity (Wildman–Crippen MR) is 38.6 cm³/mol. The molecule has 10 heavy (non-hydrogen) atoms. The Morgan fingerprint density at radius 1 is 1.70 bits per heavy atom. The molecule has 1 heterocycles. The summed E-state index contributed by atoms with van der Waals surface area (Å²) in [5, 5.41) is 11.1. The Balaban J connectivity index is 2.67. The first-order chi connectivity index (χ1) is 4.68. The highest BCUT2D eigenvalue weighted by molar-refractivity contribution is 7.15. The second-order valence-corrected chi connectivity index (χ2v) is 2.86.